The average molecular weight is 342 g/mol. The molecule has 1 amide bonds. The number of carbonyl (C=O) groups excluding carboxylic acids is 1. The zero-order valence-corrected chi connectivity index (χ0v) is 14.4. The third-order valence-electron chi connectivity index (χ3n) is 4.06. The van der Waals surface area contributed by atoms with Gasteiger partial charge >= 0.3 is 0 Å². The number of rotatable bonds is 5. The highest BCUT2D eigenvalue weighted by Crippen LogP contribution is 2.15. The second kappa shape index (κ2) is 11.5. The minimum absolute atomic E-state index is 0. The number of amides is 1. The van der Waals surface area contributed by atoms with Crippen LogP contribution in [0.15, 0.2) is 0 Å². The van der Waals surface area contributed by atoms with Crippen LogP contribution in [-0.4, -0.2) is 62.8 Å². The lowest BCUT2D eigenvalue weighted by atomic mass is 9.99. The summed E-state index contributed by atoms with van der Waals surface area (Å²) in [5, 5.41) is 6.31. The van der Waals surface area contributed by atoms with Gasteiger partial charge in [-0.05, 0) is 31.8 Å². The van der Waals surface area contributed by atoms with Crippen molar-refractivity contribution in [2.24, 2.45) is 5.92 Å². The summed E-state index contributed by atoms with van der Waals surface area (Å²) in [4.78, 5) is 14.2. The quantitative estimate of drug-likeness (QED) is 0.784. The monoisotopic (exact) mass is 341 g/mol. The zero-order valence-electron chi connectivity index (χ0n) is 12.8. The smallest absolute Gasteiger partial charge is 0.221 e. The van der Waals surface area contributed by atoms with Crippen LogP contribution >= 0.6 is 24.8 Å². The average Bonchev–Trinajstić information content (AvgIpc) is 2.42. The predicted molar refractivity (Wildman–Crippen MR) is 89.6 cm³/mol. The summed E-state index contributed by atoms with van der Waals surface area (Å²) >= 11 is 0. The highest BCUT2D eigenvalue weighted by Gasteiger charge is 2.18. The topological polar surface area (TPSA) is 53.6 Å². The van der Waals surface area contributed by atoms with Crippen LogP contribution in [0.4, 0.5) is 0 Å². The molecule has 2 fully saturated rings. The number of nitrogens with zero attached hydrogens (tertiary/aromatic N) is 1. The van der Waals surface area contributed by atoms with Gasteiger partial charge in [-0.1, -0.05) is 6.92 Å². The third-order valence-corrected chi connectivity index (χ3v) is 4.06. The molecule has 0 aromatic heterocycles. The van der Waals surface area contributed by atoms with Crippen molar-refractivity contribution in [2.45, 2.75) is 32.2 Å². The molecule has 5 nitrogen and oxygen atoms in total. The van der Waals surface area contributed by atoms with Gasteiger partial charge in [0.2, 0.25) is 5.91 Å². The summed E-state index contributed by atoms with van der Waals surface area (Å²) in [6.45, 7) is 8.67. The van der Waals surface area contributed by atoms with E-state index < -0.39 is 0 Å². The normalized spacial score (nSPS) is 23.8. The Bertz CT molecular complexity index is 281. The Labute approximate surface area is 140 Å². The number of likely N-dealkylation sites (tertiary alicyclic amines) is 1. The number of halogens is 2. The molecule has 126 valence electrons. The van der Waals surface area contributed by atoms with Crippen LogP contribution in [0.2, 0.25) is 0 Å². The Morgan fingerprint density at radius 3 is 2.67 bits per heavy atom. The van der Waals surface area contributed by atoms with Gasteiger partial charge in [0.1, 0.15) is 0 Å². The molecule has 2 saturated heterocycles. The molecule has 0 aromatic rings. The van der Waals surface area contributed by atoms with E-state index in [4.69, 9.17) is 4.74 Å². The van der Waals surface area contributed by atoms with Crippen molar-refractivity contribution in [1.82, 2.24) is 15.5 Å². The molecule has 1 unspecified atom stereocenters. The molecule has 0 aliphatic carbocycles. The fraction of sp³-hybridized carbons (Fsp3) is 0.929. The highest BCUT2D eigenvalue weighted by atomic mass is 35.5. The Balaban J connectivity index is 0.00000200. The zero-order chi connectivity index (χ0) is 13.5. The van der Waals surface area contributed by atoms with E-state index in [-0.39, 0.29) is 36.8 Å². The van der Waals surface area contributed by atoms with Crippen molar-refractivity contribution in [2.75, 3.05) is 45.9 Å². The van der Waals surface area contributed by atoms with Gasteiger partial charge in [0.25, 0.3) is 0 Å². The van der Waals surface area contributed by atoms with E-state index in [0.29, 0.717) is 13.0 Å². The molecule has 0 spiro atoms. The molecule has 0 bridgehead atoms. The van der Waals surface area contributed by atoms with Crippen molar-refractivity contribution >= 4 is 30.7 Å². The third kappa shape index (κ3) is 8.21. The second-order valence-electron chi connectivity index (χ2n) is 5.80. The molecule has 2 N–H and O–H groups in total. The highest BCUT2D eigenvalue weighted by molar-refractivity contribution is 5.85. The Kier molecular flexibility index (Phi) is 11.5. The van der Waals surface area contributed by atoms with E-state index in [0.717, 1.165) is 32.2 Å². The van der Waals surface area contributed by atoms with Crippen LogP contribution in [-0.2, 0) is 9.53 Å². The van der Waals surface area contributed by atoms with Crippen LogP contribution in [0, 0.1) is 5.92 Å². The second-order valence-corrected chi connectivity index (χ2v) is 5.80. The van der Waals surface area contributed by atoms with Gasteiger partial charge in [0.05, 0.1) is 13.2 Å². The Hall–Kier alpha value is -0.0700. The maximum absolute atomic E-state index is 11.8. The number of ether oxygens (including phenoxy) is 1. The van der Waals surface area contributed by atoms with Crippen molar-refractivity contribution in [3.05, 3.63) is 0 Å². The standard InChI is InChI=1S/C14H27N3O2.2ClH/c1-12-2-6-17(7-3-12)8-4-16-14(18)10-13-11-19-9-5-15-13;;/h12-13,15H,2-11H2,1H3,(H,16,18);2*1H. The van der Waals surface area contributed by atoms with Gasteiger partial charge in [0.15, 0.2) is 0 Å². The van der Waals surface area contributed by atoms with Gasteiger partial charge in [-0.3, -0.25) is 4.79 Å². The minimum Gasteiger partial charge on any atom is -0.378 e. The van der Waals surface area contributed by atoms with Gasteiger partial charge in [0, 0.05) is 32.1 Å². The van der Waals surface area contributed by atoms with E-state index in [1.807, 2.05) is 0 Å². The van der Waals surface area contributed by atoms with Gasteiger partial charge in [-0.2, -0.15) is 0 Å². The fourth-order valence-corrected chi connectivity index (χ4v) is 2.69. The summed E-state index contributed by atoms with van der Waals surface area (Å²) in [6.07, 6.45) is 3.10. The first-order chi connectivity index (χ1) is 9.24. The van der Waals surface area contributed by atoms with Crippen LogP contribution < -0.4 is 10.6 Å². The summed E-state index contributed by atoms with van der Waals surface area (Å²) in [7, 11) is 0. The first-order valence-corrected chi connectivity index (χ1v) is 7.54. The van der Waals surface area contributed by atoms with E-state index in [2.05, 4.69) is 22.5 Å². The van der Waals surface area contributed by atoms with Crippen molar-refractivity contribution < 1.29 is 9.53 Å². The molecule has 2 heterocycles. The lowest BCUT2D eigenvalue weighted by Crippen LogP contribution is -2.45. The molecule has 1 atom stereocenters. The number of piperidine rings is 1. The van der Waals surface area contributed by atoms with Gasteiger partial charge in [-0.15, -0.1) is 24.8 Å². The molecular weight excluding hydrogens is 313 g/mol. The summed E-state index contributed by atoms with van der Waals surface area (Å²) < 4.78 is 5.34. The molecule has 0 radical (unpaired) electrons. The lowest BCUT2D eigenvalue weighted by molar-refractivity contribution is -0.122. The van der Waals surface area contributed by atoms with Gasteiger partial charge in [-0.25, -0.2) is 0 Å². The van der Waals surface area contributed by atoms with Crippen molar-refractivity contribution in [3.63, 3.8) is 0 Å². The summed E-state index contributed by atoms with van der Waals surface area (Å²) in [6, 6.07) is 0.185. The molecule has 2 rings (SSSR count). The first-order valence-electron chi connectivity index (χ1n) is 7.54. The number of nitrogens with one attached hydrogen (secondary N) is 2. The maximum atomic E-state index is 11.8. The Morgan fingerprint density at radius 1 is 1.33 bits per heavy atom. The molecule has 2 aliphatic heterocycles. The summed E-state index contributed by atoms with van der Waals surface area (Å²) in [5.41, 5.74) is 0. The first kappa shape index (κ1) is 20.9. The van der Waals surface area contributed by atoms with Crippen LogP contribution in [0.25, 0.3) is 0 Å². The van der Waals surface area contributed by atoms with Gasteiger partial charge < -0.3 is 20.3 Å². The van der Waals surface area contributed by atoms with E-state index in [9.17, 15) is 4.79 Å². The van der Waals surface area contributed by atoms with Crippen LogP contribution in [0.1, 0.15) is 26.2 Å². The van der Waals surface area contributed by atoms with E-state index >= 15 is 0 Å². The number of hydrogen-bond donors (Lipinski definition) is 2. The lowest BCUT2D eigenvalue weighted by Gasteiger charge is -2.30. The minimum atomic E-state index is 0. The van der Waals surface area contributed by atoms with Crippen molar-refractivity contribution in [3.8, 4) is 0 Å². The molecule has 7 heteroatoms. The Morgan fingerprint density at radius 2 is 2.05 bits per heavy atom. The molecule has 0 aromatic carbocycles. The fourth-order valence-electron chi connectivity index (χ4n) is 2.69. The molecule has 0 saturated carbocycles. The van der Waals surface area contributed by atoms with Crippen LogP contribution in [0.3, 0.4) is 0 Å². The number of morpholine rings is 1. The number of hydrogen-bond acceptors (Lipinski definition) is 4. The molecular formula is C14H29Cl2N3O2. The summed E-state index contributed by atoms with van der Waals surface area (Å²) in [5.74, 6) is 0.997. The van der Waals surface area contributed by atoms with E-state index in [1.165, 1.54) is 25.9 Å². The molecule has 21 heavy (non-hydrogen) atoms. The molecule has 2 aliphatic rings. The largest absolute Gasteiger partial charge is 0.378 e. The van der Waals surface area contributed by atoms with Crippen molar-refractivity contribution in [1.29, 1.82) is 0 Å². The SMILES string of the molecule is CC1CCN(CCNC(=O)CC2COCCN2)CC1.Cl.Cl. The van der Waals surface area contributed by atoms with E-state index in [1.54, 1.807) is 0 Å². The maximum Gasteiger partial charge on any atom is 0.221 e. The predicted octanol–water partition coefficient (Wildman–Crippen LogP) is 1.06. The number of carbonyl (C=O) groups is 1. The van der Waals surface area contributed by atoms with Crippen LogP contribution in [0.5, 0.6) is 0 Å².